The van der Waals surface area contributed by atoms with E-state index in [0.29, 0.717) is 25.0 Å². The number of hydrogen-bond donors (Lipinski definition) is 1. The molecule has 0 aromatic heterocycles. The van der Waals surface area contributed by atoms with Gasteiger partial charge in [-0.1, -0.05) is 183 Å². The molecule has 0 aliphatic carbocycles. The fourth-order valence-electron chi connectivity index (χ4n) is 6.11. The van der Waals surface area contributed by atoms with E-state index < -0.39 is 15.0 Å². The van der Waals surface area contributed by atoms with Gasteiger partial charge >= 0.3 is 7.82 Å². The van der Waals surface area contributed by atoms with Crippen LogP contribution in [0, 0.1) is 11.8 Å². The first-order chi connectivity index (χ1) is 22.7. The summed E-state index contributed by atoms with van der Waals surface area (Å²) < 4.78 is 35.7. The standard InChI is InChI=1S/C24H51OP.C16H35O4P/c1-4-7-10-13-16-19-22-26(25,23-20-17-14-11-8-5-2)24-21-18-15-12-9-6-3;1-5-9-11-15(7-3)13-19-21(17,18)20-14-16(8-4)12-10-6-2/h4-24H2,1-3H3;15-16H,5-14H2,1-4H3,(H,17,18). The summed E-state index contributed by atoms with van der Waals surface area (Å²) >= 11 is 0. The summed E-state index contributed by atoms with van der Waals surface area (Å²) in [5.41, 5.74) is 0. The topological polar surface area (TPSA) is 72.8 Å². The van der Waals surface area contributed by atoms with Gasteiger partial charge in [0, 0.05) is 18.5 Å². The molecule has 7 heteroatoms. The van der Waals surface area contributed by atoms with Gasteiger partial charge < -0.3 is 9.46 Å². The van der Waals surface area contributed by atoms with Crippen molar-refractivity contribution in [2.45, 2.75) is 215 Å². The maximum atomic E-state index is 13.5. The van der Waals surface area contributed by atoms with E-state index in [1.807, 2.05) is 0 Å². The smallest absolute Gasteiger partial charge is 0.324 e. The Bertz CT molecular complexity index is 645. The molecule has 0 aromatic rings. The number of rotatable bonds is 35. The lowest BCUT2D eigenvalue weighted by atomic mass is 10.0. The van der Waals surface area contributed by atoms with Gasteiger partial charge in [0.2, 0.25) is 0 Å². The van der Waals surface area contributed by atoms with Crippen LogP contribution in [0.3, 0.4) is 0 Å². The molecule has 0 saturated heterocycles. The minimum atomic E-state index is -3.89. The molecule has 0 heterocycles. The molecule has 0 rings (SSSR count). The van der Waals surface area contributed by atoms with Gasteiger partial charge in [0.1, 0.15) is 0 Å². The Labute approximate surface area is 296 Å². The zero-order valence-corrected chi connectivity index (χ0v) is 34.8. The Kier molecular flexibility index (Phi) is 38.0. The third-order valence-electron chi connectivity index (χ3n) is 9.79. The van der Waals surface area contributed by atoms with E-state index in [1.54, 1.807) is 0 Å². The number of phosphoric acid groups is 1. The Morgan fingerprint density at radius 3 is 0.979 bits per heavy atom. The van der Waals surface area contributed by atoms with E-state index in [9.17, 15) is 14.0 Å². The average Bonchev–Trinajstić information content (AvgIpc) is 3.06. The van der Waals surface area contributed by atoms with Gasteiger partial charge in [-0.3, -0.25) is 9.05 Å². The summed E-state index contributed by atoms with van der Waals surface area (Å²) in [4.78, 5) is 9.77. The normalized spacial score (nSPS) is 14.4. The van der Waals surface area contributed by atoms with Gasteiger partial charge in [-0.25, -0.2) is 4.57 Å². The highest BCUT2D eigenvalue weighted by molar-refractivity contribution is 7.63. The second-order valence-electron chi connectivity index (χ2n) is 14.4. The summed E-state index contributed by atoms with van der Waals surface area (Å²) in [5, 5.41) is 0. The quantitative estimate of drug-likeness (QED) is 0.0524. The van der Waals surface area contributed by atoms with E-state index in [0.717, 1.165) is 69.9 Å². The molecule has 0 saturated carbocycles. The Hall–Kier alpha value is 0.340. The highest BCUT2D eigenvalue weighted by atomic mass is 31.2. The van der Waals surface area contributed by atoms with Crippen molar-refractivity contribution in [2.75, 3.05) is 31.7 Å². The summed E-state index contributed by atoms with van der Waals surface area (Å²) in [7, 11) is -5.78. The third kappa shape index (κ3) is 34.6. The van der Waals surface area contributed by atoms with E-state index in [1.165, 1.54) is 116 Å². The Balaban J connectivity index is 0. The van der Waals surface area contributed by atoms with Crippen molar-refractivity contribution in [1.82, 2.24) is 0 Å². The molecule has 0 aliphatic rings. The maximum absolute atomic E-state index is 13.5. The number of unbranched alkanes of at least 4 members (excludes halogenated alkanes) is 17. The van der Waals surface area contributed by atoms with Gasteiger partial charge in [0.15, 0.2) is 0 Å². The second kappa shape index (κ2) is 36.1. The van der Waals surface area contributed by atoms with E-state index in [2.05, 4.69) is 48.5 Å². The molecule has 0 spiro atoms. The molecular formula is C40H86O5P2. The predicted molar refractivity (Wildman–Crippen MR) is 211 cm³/mol. The minimum Gasteiger partial charge on any atom is -0.324 e. The SMILES string of the molecule is CCCCC(CC)COP(=O)(O)OCC(CC)CCCC.CCCCCCCCP(=O)(CCCCCCCC)CCCCCCCC. The molecular weight excluding hydrogens is 622 g/mol. The van der Waals surface area contributed by atoms with Crippen LogP contribution in [0.2, 0.25) is 0 Å². The number of phosphoric ester groups is 1. The molecule has 0 fully saturated rings. The molecule has 5 nitrogen and oxygen atoms in total. The van der Waals surface area contributed by atoms with Crippen molar-refractivity contribution < 1.29 is 23.1 Å². The fourth-order valence-corrected chi connectivity index (χ4v) is 10.1. The highest BCUT2D eigenvalue weighted by Gasteiger charge is 2.24. The zero-order chi connectivity index (χ0) is 35.5. The Morgan fingerprint density at radius 2 is 0.702 bits per heavy atom. The van der Waals surface area contributed by atoms with Crippen LogP contribution < -0.4 is 0 Å². The first-order valence-electron chi connectivity index (χ1n) is 20.9. The van der Waals surface area contributed by atoms with Gasteiger partial charge in [0.25, 0.3) is 0 Å². The van der Waals surface area contributed by atoms with Crippen LogP contribution in [-0.2, 0) is 18.2 Å². The van der Waals surface area contributed by atoms with Crippen molar-refractivity contribution >= 4 is 15.0 Å². The lowest BCUT2D eigenvalue weighted by Crippen LogP contribution is -2.12. The van der Waals surface area contributed by atoms with Gasteiger partial charge in [-0.05, 0) is 43.9 Å². The van der Waals surface area contributed by atoms with Crippen LogP contribution >= 0.6 is 15.0 Å². The molecule has 1 N–H and O–H groups in total. The first-order valence-corrected chi connectivity index (χ1v) is 24.6. The molecule has 0 amide bonds. The van der Waals surface area contributed by atoms with E-state index in [4.69, 9.17) is 9.05 Å². The molecule has 0 aliphatic heterocycles. The van der Waals surface area contributed by atoms with Gasteiger partial charge in [0.05, 0.1) is 20.4 Å². The van der Waals surface area contributed by atoms with Crippen LogP contribution in [0.4, 0.5) is 0 Å². The summed E-state index contributed by atoms with van der Waals surface area (Å²) in [5.74, 6) is 0.687. The predicted octanol–water partition coefficient (Wildman–Crippen LogP) is 15.0. The van der Waals surface area contributed by atoms with Gasteiger partial charge in [-0.2, -0.15) is 0 Å². The minimum absolute atomic E-state index is 0.316. The monoisotopic (exact) mass is 709 g/mol. The molecule has 47 heavy (non-hydrogen) atoms. The molecule has 2 unspecified atom stereocenters. The van der Waals surface area contributed by atoms with Gasteiger partial charge in [-0.15, -0.1) is 0 Å². The summed E-state index contributed by atoms with van der Waals surface area (Å²) in [6.45, 7) is 15.9. The van der Waals surface area contributed by atoms with Crippen LogP contribution in [0.1, 0.15) is 215 Å². The van der Waals surface area contributed by atoms with Crippen molar-refractivity contribution in [1.29, 1.82) is 0 Å². The van der Waals surface area contributed by atoms with Crippen LogP contribution in [0.5, 0.6) is 0 Å². The largest absolute Gasteiger partial charge is 0.472 e. The molecule has 2 atom stereocenters. The third-order valence-corrected chi connectivity index (χ3v) is 14.1. The van der Waals surface area contributed by atoms with E-state index in [-0.39, 0.29) is 0 Å². The average molecular weight is 709 g/mol. The van der Waals surface area contributed by atoms with Crippen LogP contribution in [0.15, 0.2) is 0 Å². The molecule has 286 valence electrons. The van der Waals surface area contributed by atoms with E-state index >= 15 is 0 Å². The van der Waals surface area contributed by atoms with Crippen molar-refractivity contribution in [3.05, 3.63) is 0 Å². The van der Waals surface area contributed by atoms with Crippen molar-refractivity contribution in [3.8, 4) is 0 Å². The zero-order valence-electron chi connectivity index (χ0n) is 33.0. The lowest BCUT2D eigenvalue weighted by Gasteiger charge is -2.20. The van der Waals surface area contributed by atoms with Crippen LogP contribution in [-0.4, -0.2) is 36.6 Å². The number of hydrogen-bond acceptors (Lipinski definition) is 4. The van der Waals surface area contributed by atoms with Crippen molar-refractivity contribution in [3.63, 3.8) is 0 Å². The summed E-state index contributed by atoms with van der Waals surface area (Å²) in [6, 6.07) is 0. The Morgan fingerprint density at radius 1 is 0.426 bits per heavy atom. The lowest BCUT2D eigenvalue weighted by molar-refractivity contribution is 0.110. The van der Waals surface area contributed by atoms with Crippen LogP contribution in [0.25, 0.3) is 0 Å². The summed E-state index contributed by atoms with van der Waals surface area (Å²) in [6.07, 6.45) is 35.5. The molecule has 0 aromatic carbocycles. The highest BCUT2D eigenvalue weighted by Crippen LogP contribution is 2.48. The fraction of sp³-hybridized carbons (Fsp3) is 1.00. The second-order valence-corrected chi connectivity index (χ2v) is 19.3. The maximum Gasteiger partial charge on any atom is 0.472 e. The molecule has 0 radical (unpaired) electrons. The van der Waals surface area contributed by atoms with Crippen molar-refractivity contribution in [2.24, 2.45) is 11.8 Å². The first kappa shape index (κ1) is 49.5. The molecule has 0 bridgehead atoms.